The summed E-state index contributed by atoms with van der Waals surface area (Å²) < 4.78 is 5.75. The molecule has 0 radical (unpaired) electrons. The van der Waals surface area contributed by atoms with Crippen molar-refractivity contribution >= 4 is 23.5 Å². The lowest BCUT2D eigenvalue weighted by atomic mass is 9.81. The number of fused-ring (bicyclic) bond motifs is 1. The zero-order valence-corrected chi connectivity index (χ0v) is 16.4. The molecule has 3 aliphatic rings. The van der Waals surface area contributed by atoms with E-state index >= 15 is 0 Å². The van der Waals surface area contributed by atoms with Crippen molar-refractivity contribution in [3.05, 3.63) is 18.3 Å². The molecule has 0 spiro atoms. The SMILES string of the molecule is CC1CN(c2ccc(NC(=O)N3C[C@@H]4CCC[C@@]4(C(=O)O)C3)cn2)CC(C)O1. The number of hydrogen-bond donors (Lipinski definition) is 2. The van der Waals surface area contributed by atoms with Crippen LogP contribution in [-0.4, -0.2) is 65.4 Å². The maximum atomic E-state index is 12.7. The monoisotopic (exact) mass is 388 g/mol. The van der Waals surface area contributed by atoms with Gasteiger partial charge in [-0.3, -0.25) is 4.79 Å². The van der Waals surface area contributed by atoms with Crippen LogP contribution < -0.4 is 10.2 Å². The first-order valence-corrected chi connectivity index (χ1v) is 10.0. The highest BCUT2D eigenvalue weighted by atomic mass is 16.5. The molecule has 152 valence electrons. The van der Waals surface area contributed by atoms with Crippen molar-refractivity contribution in [3.8, 4) is 0 Å². The molecule has 0 bridgehead atoms. The van der Waals surface area contributed by atoms with Crippen LogP contribution in [0.25, 0.3) is 0 Å². The molecule has 0 aromatic carbocycles. The number of morpholine rings is 1. The van der Waals surface area contributed by atoms with Crippen LogP contribution in [0.15, 0.2) is 18.3 Å². The largest absolute Gasteiger partial charge is 0.481 e. The minimum absolute atomic E-state index is 0.0570. The van der Waals surface area contributed by atoms with E-state index in [1.165, 1.54) is 0 Å². The van der Waals surface area contributed by atoms with Crippen LogP contribution in [0.1, 0.15) is 33.1 Å². The predicted molar refractivity (Wildman–Crippen MR) is 104 cm³/mol. The van der Waals surface area contributed by atoms with Crippen molar-refractivity contribution in [2.75, 3.05) is 36.4 Å². The van der Waals surface area contributed by atoms with Crippen LogP contribution in [0, 0.1) is 11.3 Å². The van der Waals surface area contributed by atoms with Crippen LogP contribution in [0.2, 0.25) is 0 Å². The van der Waals surface area contributed by atoms with E-state index in [1.54, 1.807) is 11.1 Å². The van der Waals surface area contributed by atoms with Gasteiger partial charge in [0, 0.05) is 26.2 Å². The molecule has 2 aliphatic heterocycles. The minimum Gasteiger partial charge on any atom is -0.481 e. The fraction of sp³-hybridized carbons (Fsp3) is 0.650. The molecular formula is C20H28N4O4. The summed E-state index contributed by atoms with van der Waals surface area (Å²) in [5, 5.41) is 12.5. The molecule has 2 saturated heterocycles. The summed E-state index contributed by atoms with van der Waals surface area (Å²) in [7, 11) is 0. The Hall–Kier alpha value is -2.35. The molecule has 8 nitrogen and oxygen atoms in total. The van der Waals surface area contributed by atoms with E-state index in [4.69, 9.17) is 4.74 Å². The highest BCUT2D eigenvalue weighted by Crippen LogP contribution is 2.48. The van der Waals surface area contributed by atoms with E-state index in [9.17, 15) is 14.7 Å². The number of hydrogen-bond acceptors (Lipinski definition) is 5. The summed E-state index contributed by atoms with van der Waals surface area (Å²) in [5.74, 6) is 0.146. The summed E-state index contributed by atoms with van der Waals surface area (Å²) in [6, 6.07) is 3.49. The van der Waals surface area contributed by atoms with Gasteiger partial charge < -0.3 is 25.0 Å². The highest BCUT2D eigenvalue weighted by Gasteiger charge is 2.55. The first kappa shape index (κ1) is 19.0. The maximum Gasteiger partial charge on any atom is 0.321 e. The van der Waals surface area contributed by atoms with Crippen LogP contribution >= 0.6 is 0 Å². The Bertz CT molecular complexity index is 745. The van der Waals surface area contributed by atoms with Crippen molar-refractivity contribution in [1.29, 1.82) is 0 Å². The standard InChI is InChI=1S/C20H28N4O4/c1-13-9-23(10-14(2)28-13)17-6-5-16(8-21-17)22-19(27)24-11-15-4-3-7-20(15,12-24)18(25)26/h5-6,8,13-15H,3-4,7,9-12H2,1-2H3,(H,22,27)(H,25,26)/t13?,14?,15-,20+/m0/s1. The first-order chi connectivity index (χ1) is 13.4. The Morgan fingerprint density at radius 1 is 1.25 bits per heavy atom. The quantitative estimate of drug-likeness (QED) is 0.826. The average molecular weight is 388 g/mol. The highest BCUT2D eigenvalue weighted by molar-refractivity contribution is 5.90. The zero-order valence-electron chi connectivity index (χ0n) is 16.4. The number of pyridine rings is 1. The Kier molecular flexibility index (Phi) is 4.91. The number of carbonyl (C=O) groups is 2. The molecule has 2 amide bonds. The van der Waals surface area contributed by atoms with Crippen molar-refractivity contribution in [2.24, 2.45) is 11.3 Å². The third-order valence-electron chi connectivity index (χ3n) is 6.33. The number of carboxylic acids is 1. The van der Waals surface area contributed by atoms with E-state index in [-0.39, 0.29) is 30.7 Å². The lowest BCUT2D eigenvalue weighted by Gasteiger charge is -2.36. The number of rotatable bonds is 3. The number of amides is 2. The molecule has 1 aromatic rings. The van der Waals surface area contributed by atoms with Gasteiger partial charge in [0.25, 0.3) is 0 Å². The summed E-state index contributed by atoms with van der Waals surface area (Å²) in [6.07, 6.45) is 4.42. The second-order valence-corrected chi connectivity index (χ2v) is 8.43. The number of urea groups is 1. The Labute approximate surface area is 164 Å². The Balaban J connectivity index is 1.38. The van der Waals surface area contributed by atoms with Crippen LogP contribution in [0.4, 0.5) is 16.3 Å². The topological polar surface area (TPSA) is 95.0 Å². The van der Waals surface area contributed by atoms with Crippen LogP contribution in [0.5, 0.6) is 0 Å². The van der Waals surface area contributed by atoms with Gasteiger partial charge in [-0.1, -0.05) is 6.42 Å². The van der Waals surface area contributed by atoms with Gasteiger partial charge in [-0.15, -0.1) is 0 Å². The number of carbonyl (C=O) groups excluding carboxylic acids is 1. The van der Waals surface area contributed by atoms with Crippen molar-refractivity contribution < 1.29 is 19.4 Å². The number of aliphatic carboxylic acids is 1. The fourth-order valence-corrected chi connectivity index (χ4v) is 5.01. The molecule has 2 unspecified atom stereocenters. The van der Waals surface area contributed by atoms with Gasteiger partial charge >= 0.3 is 12.0 Å². The molecule has 3 heterocycles. The summed E-state index contributed by atoms with van der Waals surface area (Å²) in [6.45, 7) is 6.46. The fourth-order valence-electron chi connectivity index (χ4n) is 5.01. The number of nitrogens with zero attached hydrogens (tertiary/aromatic N) is 3. The summed E-state index contributed by atoms with van der Waals surface area (Å²) >= 11 is 0. The normalized spacial score (nSPS) is 32.3. The lowest BCUT2D eigenvalue weighted by molar-refractivity contribution is -0.149. The van der Waals surface area contributed by atoms with Gasteiger partial charge in [0.15, 0.2) is 0 Å². The Morgan fingerprint density at radius 2 is 2.00 bits per heavy atom. The van der Waals surface area contributed by atoms with E-state index in [2.05, 4.69) is 15.2 Å². The maximum absolute atomic E-state index is 12.7. The van der Waals surface area contributed by atoms with Crippen molar-refractivity contribution in [1.82, 2.24) is 9.88 Å². The molecule has 3 fully saturated rings. The van der Waals surface area contributed by atoms with Gasteiger partial charge in [-0.2, -0.15) is 0 Å². The molecular weight excluding hydrogens is 360 g/mol. The first-order valence-electron chi connectivity index (χ1n) is 10.0. The van der Waals surface area contributed by atoms with E-state index in [0.29, 0.717) is 18.7 Å². The number of aromatic nitrogens is 1. The number of anilines is 2. The van der Waals surface area contributed by atoms with Gasteiger partial charge in [-0.05, 0) is 44.7 Å². The lowest BCUT2D eigenvalue weighted by Crippen LogP contribution is -2.45. The predicted octanol–water partition coefficient (Wildman–Crippen LogP) is 2.41. The molecule has 4 rings (SSSR count). The van der Waals surface area contributed by atoms with Crippen molar-refractivity contribution in [3.63, 3.8) is 0 Å². The van der Waals surface area contributed by atoms with Gasteiger partial charge in [0.2, 0.25) is 0 Å². The average Bonchev–Trinajstić information content (AvgIpc) is 3.20. The second kappa shape index (κ2) is 7.24. The molecule has 8 heteroatoms. The van der Waals surface area contributed by atoms with E-state index in [1.807, 2.05) is 26.0 Å². The summed E-state index contributed by atoms with van der Waals surface area (Å²) in [5.41, 5.74) is -0.145. The van der Waals surface area contributed by atoms with E-state index in [0.717, 1.165) is 31.7 Å². The number of carboxylic acid groups (broad SMARTS) is 1. The summed E-state index contributed by atoms with van der Waals surface area (Å²) in [4.78, 5) is 32.7. The van der Waals surface area contributed by atoms with Gasteiger partial charge in [0.05, 0.1) is 29.5 Å². The zero-order chi connectivity index (χ0) is 19.9. The molecule has 1 aromatic heterocycles. The number of likely N-dealkylation sites (tertiary alicyclic amines) is 1. The molecule has 4 atom stereocenters. The van der Waals surface area contributed by atoms with E-state index < -0.39 is 11.4 Å². The smallest absolute Gasteiger partial charge is 0.321 e. The molecule has 28 heavy (non-hydrogen) atoms. The molecule has 2 N–H and O–H groups in total. The Morgan fingerprint density at radius 3 is 2.61 bits per heavy atom. The molecule has 1 aliphatic carbocycles. The van der Waals surface area contributed by atoms with Crippen LogP contribution in [-0.2, 0) is 9.53 Å². The number of nitrogens with one attached hydrogen (secondary N) is 1. The van der Waals surface area contributed by atoms with Crippen molar-refractivity contribution in [2.45, 2.75) is 45.3 Å². The van der Waals surface area contributed by atoms with Crippen LogP contribution in [0.3, 0.4) is 0 Å². The third kappa shape index (κ3) is 3.41. The minimum atomic E-state index is -0.773. The van der Waals surface area contributed by atoms with Gasteiger partial charge in [-0.25, -0.2) is 9.78 Å². The third-order valence-corrected chi connectivity index (χ3v) is 6.33. The van der Waals surface area contributed by atoms with Gasteiger partial charge in [0.1, 0.15) is 5.82 Å². The second-order valence-electron chi connectivity index (χ2n) is 8.43. The number of ether oxygens (including phenoxy) is 1. The molecule has 1 saturated carbocycles.